The van der Waals surface area contributed by atoms with Crippen LogP contribution in [0.15, 0.2) is 18.2 Å². The van der Waals surface area contributed by atoms with Crippen LogP contribution in [0.4, 0.5) is 11.4 Å². The van der Waals surface area contributed by atoms with Gasteiger partial charge in [0.25, 0.3) is 0 Å². The molecule has 6 nitrogen and oxygen atoms in total. The first kappa shape index (κ1) is 16.6. The molecule has 122 valence electrons. The van der Waals surface area contributed by atoms with E-state index in [1.807, 2.05) is 0 Å². The summed E-state index contributed by atoms with van der Waals surface area (Å²) in [6.07, 6.45) is 3.28. The van der Waals surface area contributed by atoms with Gasteiger partial charge in [-0.1, -0.05) is 12.8 Å². The van der Waals surface area contributed by atoms with Crippen molar-refractivity contribution in [2.75, 3.05) is 23.9 Å². The molecule has 22 heavy (non-hydrogen) atoms. The van der Waals surface area contributed by atoms with Crippen molar-refractivity contribution in [2.45, 2.75) is 37.4 Å². The van der Waals surface area contributed by atoms with Gasteiger partial charge in [0.15, 0.2) is 9.84 Å². The summed E-state index contributed by atoms with van der Waals surface area (Å²) in [6, 6.07) is 4.93. The predicted octanol–water partition coefficient (Wildman–Crippen LogP) is 1.96. The summed E-state index contributed by atoms with van der Waals surface area (Å²) in [4.78, 5) is 12.0. The highest BCUT2D eigenvalue weighted by Crippen LogP contribution is 2.26. The van der Waals surface area contributed by atoms with E-state index in [1.165, 1.54) is 7.11 Å². The minimum Gasteiger partial charge on any atom is -0.497 e. The maximum Gasteiger partial charge on any atom is 0.225 e. The molecule has 0 atom stereocenters. The lowest BCUT2D eigenvalue weighted by Gasteiger charge is -2.12. The molecular weight excluding hydrogens is 304 g/mol. The zero-order chi connectivity index (χ0) is 16.2. The molecule has 1 fully saturated rings. The number of sulfone groups is 1. The molecule has 1 amide bonds. The van der Waals surface area contributed by atoms with Crippen molar-refractivity contribution < 1.29 is 17.9 Å². The first-order valence-corrected chi connectivity index (χ1v) is 9.09. The van der Waals surface area contributed by atoms with Gasteiger partial charge in [0.1, 0.15) is 5.75 Å². The molecule has 0 aliphatic heterocycles. The molecule has 0 unspecified atom stereocenters. The summed E-state index contributed by atoms with van der Waals surface area (Å²) in [5, 5.41) is 2.36. The third-order valence-corrected chi connectivity index (χ3v) is 6.22. The van der Waals surface area contributed by atoms with Gasteiger partial charge in [-0.2, -0.15) is 0 Å². The second-order valence-corrected chi connectivity index (χ2v) is 7.93. The molecule has 7 heteroatoms. The highest BCUT2D eigenvalue weighted by atomic mass is 32.2. The van der Waals surface area contributed by atoms with Gasteiger partial charge >= 0.3 is 0 Å². The minimum atomic E-state index is -3.19. The number of methoxy groups -OCH3 is 1. The predicted molar refractivity (Wildman–Crippen MR) is 86.7 cm³/mol. The summed E-state index contributed by atoms with van der Waals surface area (Å²) in [7, 11) is -1.67. The monoisotopic (exact) mass is 326 g/mol. The van der Waals surface area contributed by atoms with E-state index in [-0.39, 0.29) is 23.3 Å². The number of hydrogen-bond donors (Lipinski definition) is 2. The molecular formula is C15H22N2O4S. The fraction of sp³-hybridized carbons (Fsp3) is 0.533. The van der Waals surface area contributed by atoms with Crippen molar-refractivity contribution in [2.24, 2.45) is 0 Å². The molecule has 2 rings (SSSR count). The van der Waals surface area contributed by atoms with Crippen LogP contribution in [-0.2, 0) is 14.6 Å². The van der Waals surface area contributed by atoms with Crippen LogP contribution in [0.2, 0.25) is 0 Å². The van der Waals surface area contributed by atoms with E-state index in [4.69, 9.17) is 10.5 Å². The second-order valence-electron chi connectivity index (χ2n) is 5.52. The first-order valence-electron chi connectivity index (χ1n) is 7.37. The van der Waals surface area contributed by atoms with Crippen LogP contribution < -0.4 is 15.8 Å². The number of rotatable bonds is 6. The van der Waals surface area contributed by atoms with E-state index >= 15 is 0 Å². The number of nitrogens with two attached hydrogens (primary N) is 1. The Morgan fingerprint density at radius 2 is 2.05 bits per heavy atom. The largest absolute Gasteiger partial charge is 0.497 e. The molecule has 0 heterocycles. The summed E-state index contributed by atoms with van der Waals surface area (Å²) in [5.41, 5.74) is 6.63. The van der Waals surface area contributed by atoms with Crippen LogP contribution in [0.5, 0.6) is 5.75 Å². The topological polar surface area (TPSA) is 98.5 Å². The van der Waals surface area contributed by atoms with Crippen LogP contribution in [0, 0.1) is 0 Å². The smallest absolute Gasteiger partial charge is 0.225 e. The zero-order valence-corrected chi connectivity index (χ0v) is 13.5. The van der Waals surface area contributed by atoms with E-state index in [2.05, 4.69) is 5.32 Å². The van der Waals surface area contributed by atoms with E-state index in [0.29, 0.717) is 30.0 Å². The number of anilines is 2. The number of nitrogens with one attached hydrogen (secondary N) is 1. The fourth-order valence-electron chi connectivity index (χ4n) is 2.63. The lowest BCUT2D eigenvalue weighted by molar-refractivity contribution is -0.115. The lowest BCUT2D eigenvalue weighted by atomic mass is 10.2. The average Bonchev–Trinajstić information content (AvgIpc) is 3.03. The van der Waals surface area contributed by atoms with E-state index in [0.717, 1.165) is 12.8 Å². The SMILES string of the molecule is COc1ccc(N)c(NC(=O)CCS(=O)(=O)C2CCCC2)c1. The summed E-state index contributed by atoms with van der Waals surface area (Å²) in [6.45, 7) is 0. The Morgan fingerprint density at radius 1 is 1.36 bits per heavy atom. The number of carbonyl (C=O) groups is 1. The van der Waals surface area contributed by atoms with Gasteiger partial charge < -0.3 is 15.8 Å². The molecule has 1 aliphatic rings. The van der Waals surface area contributed by atoms with Gasteiger partial charge in [-0.05, 0) is 25.0 Å². The highest BCUT2D eigenvalue weighted by molar-refractivity contribution is 7.92. The second kappa shape index (κ2) is 7.00. The van der Waals surface area contributed by atoms with Crippen molar-refractivity contribution in [1.29, 1.82) is 0 Å². The number of amides is 1. The zero-order valence-electron chi connectivity index (χ0n) is 12.7. The molecule has 0 radical (unpaired) electrons. The Balaban J connectivity index is 1.93. The van der Waals surface area contributed by atoms with Crippen molar-refractivity contribution in [3.05, 3.63) is 18.2 Å². The Bertz CT molecular complexity index is 637. The van der Waals surface area contributed by atoms with E-state index in [1.54, 1.807) is 18.2 Å². The Morgan fingerprint density at radius 3 is 2.68 bits per heavy atom. The van der Waals surface area contributed by atoms with Gasteiger partial charge in [-0.3, -0.25) is 4.79 Å². The number of benzene rings is 1. The van der Waals surface area contributed by atoms with Crippen molar-refractivity contribution in [3.8, 4) is 5.75 Å². The highest BCUT2D eigenvalue weighted by Gasteiger charge is 2.28. The minimum absolute atomic E-state index is 0.0600. The standard InChI is InChI=1S/C15H22N2O4S/c1-21-11-6-7-13(16)14(10-11)17-15(18)8-9-22(19,20)12-4-2-3-5-12/h6-7,10,12H,2-5,8-9,16H2,1H3,(H,17,18). The number of carbonyl (C=O) groups excluding carboxylic acids is 1. The third-order valence-electron chi connectivity index (χ3n) is 3.96. The summed E-state index contributed by atoms with van der Waals surface area (Å²) in [5.74, 6) is 0.0949. The molecule has 1 aliphatic carbocycles. The maximum atomic E-state index is 12.1. The maximum absolute atomic E-state index is 12.1. The van der Waals surface area contributed by atoms with Crippen LogP contribution in [0.25, 0.3) is 0 Å². The van der Waals surface area contributed by atoms with Gasteiger partial charge in [-0.25, -0.2) is 8.42 Å². The number of hydrogen-bond acceptors (Lipinski definition) is 5. The number of ether oxygens (including phenoxy) is 1. The first-order chi connectivity index (χ1) is 10.4. The average molecular weight is 326 g/mol. The van der Waals surface area contributed by atoms with Gasteiger partial charge in [0.2, 0.25) is 5.91 Å². The van der Waals surface area contributed by atoms with Crippen LogP contribution >= 0.6 is 0 Å². The molecule has 3 N–H and O–H groups in total. The lowest BCUT2D eigenvalue weighted by Crippen LogP contribution is -2.24. The Labute approximate surface area is 131 Å². The van der Waals surface area contributed by atoms with Gasteiger partial charge in [-0.15, -0.1) is 0 Å². The van der Waals surface area contributed by atoms with Crippen molar-refractivity contribution in [3.63, 3.8) is 0 Å². The molecule has 1 saturated carbocycles. The van der Waals surface area contributed by atoms with Gasteiger partial charge in [0.05, 0.1) is 29.5 Å². The Kier molecular flexibility index (Phi) is 5.28. The third kappa shape index (κ3) is 4.13. The van der Waals surface area contributed by atoms with E-state index < -0.39 is 9.84 Å². The quantitative estimate of drug-likeness (QED) is 0.779. The summed E-state index contributed by atoms with van der Waals surface area (Å²) >= 11 is 0. The molecule has 1 aromatic carbocycles. The van der Waals surface area contributed by atoms with Crippen molar-refractivity contribution >= 4 is 27.1 Å². The summed E-state index contributed by atoms with van der Waals surface area (Å²) < 4.78 is 29.3. The van der Waals surface area contributed by atoms with Gasteiger partial charge in [0, 0.05) is 12.5 Å². The van der Waals surface area contributed by atoms with Crippen LogP contribution in [0.1, 0.15) is 32.1 Å². The Hall–Kier alpha value is -1.76. The normalized spacial score (nSPS) is 15.7. The van der Waals surface area contributed by atoms with Crippen LogP contribution in [0.3, 0.4) is 0 Å². The molecule has 0 spiro atoms. The molecule has 0 saturated heterocycles. The molecule has 0 aromatic heterocycles. The molecule has 1 aromatic rings. The van der Waals surface area contributed by atoms with Crippen molar-refractivity contribution in [1.82, 2.24) is 0 Å². The fourth-order valence-corrected chi connectivity index (χ4v) is 4.49. The molecule has 0 bridgehead atoms. The van der Waals surface area contributed by atoms with Crippen LogP contribution in [-0.4, -0.2) is 32.4 Å². The van der Waals surface area contributed by atoms with E-state index in [9.17, 15) is 13.2 Å². The number of nitrogen functional groups attached to an aromatic ring is 1.